The van der Waals surface area contributed by atoms with Gasteiger partial charge in [-0.2, -0.15) is 0 Å². The van der Waals surface area contributed by atoms with Crippen molar-refractivity contribution >= 4 is 28.3 Å². The molecule has 0 spiro atoms. The minimum absolute atomic E-state index is 0.131. The van der Waals surface area contributed by atoms with E-state index in [0.29, 0.717) is 56.8 Å². The number of aromatic nitrogens is 1. The molecule has 2 saturated heterocycles. The summed E-state index contributed by atoms with van der Waals surface area (Å²) in [7, 11) is 0. The van der Waals surface area contributed by atoms with E-state index in [1.165, 1.54) is 23.5 Å². The summed E-state index contributed by atoms with van der Waals surface area (Å²) in [4.78, 5) is 35.4. The summed E-state index contributed by atoms with van der Waals surface area (Å²) >= 11 is 1.34. The number of hydrogen-bond donors (Lipinski definition) is 1. The Morgan fingerprint density at radius 1 is 1.00 bits per heavy atom. The van der Waals surface area contributed by atoms with Crippen LogP contribution in [-0.2, 0) is 14.3 Å². The second-order valence-electron chi connectivity index (χ2n) is 7.64. The first-order valence-electron chi connectivity index (χ1n) is 10.4. The van der Waals surface area contributed by atoms with E-state index in [1.807, 2.05) is 15.2 Å². The molecule has 1 aromatic carbocycles. The summed E-state index contributed by atoms with van der Waals surface area (Å²) in [6.45, 7) is 6.24. The van der Waals surface area contributed by atoms with Gasteiger partial charge in [0.15, 0.2) is 5.13 Å². The molecule has 2 aromatic rings. The summed E-state index contributed by atoms with van der Waals surface area (Å²) in [6.07, 6.45) is 0. The third-order valence-corrected chi connectivity index (χ3v) is 6.20. The Balaban J connectivity index is 1.20. The largest absolute Gasteiger partial charge is 0.379 e. The Labute approximate surface area is 184 Å². The minimum Gasteiger partial charge on any atom is -0.379 e. The fourth-order valence-corrected chi connectivity index (χ4v) is 4.39. The molecule has 1 aromatic heterocycles. The number of morpholine rings is 1. The van der Waals surface area contributed by atoms with Gasteiger partial charge in [-0.15, -0.1) is 11.3 Å². The van der Waals surface area contributed by atoms with Gasteiger partial charge in [0.2, 0.25) is 11.8 Å². The van der Waals surface area contributed by atoms with Crippen LogP contribution in [0.25, 0.3) is 11.3 Å². The normalized spacial score (nSPS) is 18.2. The van der Waals surface area contributed by atoms with Crippen molar-refractivity contribution in [2.45, 2.75) is 0 Å². The monoisotopic (exact) mass is 447 g/mol. The highest BCUT2D eigenvalue weighted by molar-refractivity contribution is 7.14. The first-order valence-corrected chi connectivity index (χ1v) is 11.3. The van der Waals surface area contributed by atoms with Crippen molar-refractivity contribution < 1.29 is 18.7 Å². The molecular weight excluding hydrogens is 421 g/mol. The van der Waals surface area contributed by atoms with Gasteiger partial charge in [0.05, 0.1) is 32.0 Å². The zero-order valence-corrected chi connectivity index (χ0v) is 18.1. The number of nitrogens with zero attached hydrogens (tertiary/aromatic N) is 4. The first-order chi connectivity index (χ1) is 15.1. The highest BCUT2D eigenvalue weighted by Crippen LogP contribution is 2.25. The second-order valence-corrected chi connectivity index (χ2v) is 8.50. The molecule has 2 aliphatic heterocycles. The van der Waals surface area contributed by atoms with E-state index < -0.39 is 0 Å². The Kier molecular flexibility index (Phi) is 7.23. The van der Waals surface area contributed by atoms with Crippen molar-refractivity contribution in [1.29, 1.82) is 0 Å². The van der Waals surface area contributed by atoms with Gasteiger partial charge >= 0.3 is 0 Å². The van der Waals surface area contributed by atoms with Crippen LogP contribution in [-0.4, -0.2) is 97.1 Å². The van der Waals surface area contributed by atoms with Gasteiger partial charge in [-0.3, -0.25) is 19.4 Å². The van der Waals surface area contributed by atoms with Crippen LogP contribution in [0.3, 0.4) is 0 Å². The molecule has 2 aliphatic rings. The molecule has 10 heteroatoms. The zero-order chi connectivity index (χ0) is 21.6. The number of ether oxygens (including phenoxy) is 1. The van der Waals surface area contributed by atoms with Gasteiger partial charge in [-0.1, -0.05) is 0 Å². The van der Waals surface area contributed by atoms with E-state index in [0.717, 1.165) is 18.7 Å². The summed E-state index contributed by atoms with van der Waals surface area (Å²) in [5, 5.41) is 5.18. The molecule has 0 atom stereocenters. The molecule has 4 rings (SSSR count). The molecule has 0 bridgehead atoms. The molecule has 0 aliphatic carbocycles. The Hall–Kier alpha value is -2.40. The molecular formula is C21H26FN5O3S. The fraction of sp³-hybridized carbons (Fsp3) is 0.476. The number of halogens is 1. The lowest BCUT2D eigenvalue weighted by Gasteiger charge is -2.36. The minimum atomic E-state index is -0.296. The standard InChI is InChI=1S/C21H26FN5O3S/c22-17-3-1-16(2-4-17)18-15-31-21(23-18)24-19(28)13-25-5-7-27(8-6-25)20(29)14-26-9-11-30-12-10-26/h1-4,15H,5-14H2,(H,23,24,28). The van der Waals surface area contributed by atoms with Gasteiger partial charge in [0.25, 0.3) is 0 Å². The maximum absolute atomic E-state index is 13.1. The van der Waals surface area contributed by atoms with Crippen molar-refractivity contribution in [2.24, 2.45) is 0 Å². The van der Waals surface area contributed by atoms with Gasteiger partial charge in [-0.05, 0) is 24.3 Å². The number of nitrogens with one attached hydrogen (secondary N) is 1. The molecule has 8 nitrogen and oxygen atoms in total. The summed E-state index contributed by atoms with van der Waals surface area (Å²) < 4.78 is 18.4. The van der Waals surface area contributed by atoms with Crippen LogP contribution in [0.5, 0.6) is 0 Å². The van der Waals surface area contributed by atoms with Crippen molar-refractivity contribution in [3.8, 4) is 11.3 Å². The summed E-state index contributed by atoms with van der Waals surface area (Å²) in [6, 6.07) is 6.10. The number of anilines is 1. The van der Waals surface area contributed by atoms with Crippen LogP contribution in [0.15, 0.2) is 29.6 Å². The number of benzene rings is 1. The number of hydrogen-bond acceptors (Lipinski definition) is 7. The lowest BCUT2D eigenvalue weighted by molar-refractivity contribution is -0.135. The molecule has 1 N–H and O–H groups in total. The SMILES string of the molecule is O=C(CN1CCN(C(=O)CN2CCOCC2)CC1)Nc1nc(-c2ccc(F)cc2)cs1. The quantitative estimate of drug-likeness (QED) is 0.721. The van der Waals surface area contributed by atoms with Gasteiger partial charge < -0.3 is 15.0 Å². The summed E-state index contributed by atoms with van der Waals surface area (Å²) in [5.41, 5.74) is 1.50. The van der Waals surface area contributed by atoms with Crippen LogP contribution in [0.2, 0.25) is 0 Å². The number of carbonyl (C=O) groups is 2. The smallest absolute Gasteiger partial charge is 0.240 e. The van der Waals surface area contributed by atoms with Crippen molar-refractivity contribution in [2.75, 3.05) is 70.9 Å². The third kappa shape index (κ3) is 6.07. The zero-order valence-electron chi connectivity index (χ0n) is 17.3. The third-order valence-electron chi connectivity index (χ3n) is 5.45. The van der Waals surface area contributed by atoms with E-state index >= 15 is 0 Å². The Bertz CT molecular complexity index is 893. The lowest BCUT2D eigenvalue weighted by atomic mass is 10.2. The predicted octanol–water partition coefficient (Wildman–Crippen LogP) is 1.36. The van der Waals surface area contributed by atoms with E-state index in [4.69, 9.17) is 4.74 Å². The van der Waals surface area contributed by atoms with E-state index in [2.05, 4.69) is 15.2 Å². The van der Waals surface area contributed by atoms with Crippen LogP contribution in [0, 0.1) is 5.82 Å². The number of amides is 2. The van der Waals surface area contributed by atoms with Crippen LogP contribution in [0.1, 0.15) is 0 Å². The van der Waals surface area contributed by atoms with Crippen molar-refractivity contribution in [3.05, 3.63) is 35.5 Å². The van der Waals surface area contributed by atoms with Gasteiger partial charge in [-0.25, -0.2) is 9.37 Å². The van der Waals surface area contributed by atoms with Crippen LogP contribution < -0.4 is 5.32 Å². The van der Waals surface area contributed by atoms with E-state index in [1.54, 1.807) is 12.1 Å². The Morgan fingerprint density at radius 3 is 2.39 bits per heavy atom. The molecule has 2 amide bonds. The number of carbonyl (C=O) groups excluding carboxylic acids is 2. The average Bonchev–Trinajstić information content (AvgIpc) is 3.23. The molecule has 2 fully saturated rings. The summed E-state index contributed by atoms with van der Waals surface area (Å²) in [5.74, 6) is -0.286. The first kappa shape index (κ1) is 21.8. The maximum Gasteiger partial charge on any atom is 0.240 e. The van der Waals surface area contributed by atoms with Crippen molar-refractivity contribution in [1.82, 2.24) is 19.7 Å². The predicted molar refractivity (Wildman–Crippen MR) is 116 cm³/mol. The topological polar surface area (TPSA) is 78.0 Å². The molecule has 31 heavy (non-hydrogen) atoms. The molecule has 0 saturated carbocycles. The average molecular weight is 448 g/mol. The van der Waals surface area contributed by atoms with Gasteiger partial charge in [0, 0.05) is 50.2 Å². The Morgan fingerprint density at radius 2 is 1.68 bits per heavy atom. The molecule has 0 radical (unpaired) electrons. The lowest BCUT2D eigenvalue weighted by Crippen LogP contribution is -2.53. The molecule has 0 unspecified atom stereocenters. The second kappa shape index (κ2) is 10.3. The molecule has 166 valence electrons. The van der Waals surface area contributed by atoms with E-state index in [9.17, 15) is 14.0 Å². The molecule has 3 heterocycles. The highest BCUT2D eigenvalue weighted by atomic mass is 32.1. The number of thiazole rings is 1. The van der Waals surface area contributed by atoms with Crippen molar-refractivity contribution in [3.63, 3.8) is 0 Å². The van der Waals surface area contributed by atoms with E-state index in [-0.39, 0.29) is 24.2 Å². The van der Waals surface area contributed by atoms with Crippen LogP contribution in [0.4, 0.5) is 9.52 Å². The fourth-order valence-electron chi connectivity index (χ4n) is 3.65. The highest BCUT2D eigenvalue weighted by Gasteiger charge is 2.24. The number of piperazine rings is 1. The number of rotatable bonds is 6. The van der Waals surface area contributed by atoms with Crippen LogP contribution >= 0.6 is 11.3 Å². The maximum atomic E-state index is 13.1. The van der Waals surface area contributed by atoms with Gasteiger partial charge in [0.1, 0.15) is 5.82 Å².